The summed E-state index contributed by atoms with van der Waals surface area (Å²) in [4.78, 5) is 15.6. The van der Waals surface area contributed by atoms with Crippen LogP contribution in [0.5, 0.6) is 0 Å². The largest absolute Gasteiger partial charge is 0.469 e. The fourth-order valence-corrected chi connectivity index (χ4v) is 0.601. The monoisotopic (exact) mass is 161 g/mol. The first-order chi connectivity index (χ1) is 5.20. The van der Waals surface area contributed by atoms with Gasteiger partial charge in [0.05, 0.1) is 20.1 Å². The zero-order valence-corrected chi connectivity index (χ0v) is 7.22. The maximum atomic E-state index is 10.7. The van der Waals surface area contributed by atoms with E-state index < -0.39 is 0 Å². The molecule has 1 unspecified atom stereocenters. The van der Waals surface area contributed by atoms with Gasteiger partial charge < -0.3 is 9.57 Å². The Kier molecular flexibility index (Phi) is 5.78. The summed E-state index contributed by atoms with van der Waals surface area (Å²) in [5.41, 5.74) is 2.70. The van der Waals surface area contributed by atoms with Gasteiger partial charge in [0.2, 0.25) is 0 Å². The Morgan fingerprint density at radius 2 is 2.27 bits per heavy atom. The Hall–Kier alpha value is -0.610. The molecule has 1 atom stereocenters. The zero-order valence-electron chi connectivity index (χ0n) is 7.22. The standard InChI is InChI=1S/C7H15NO3/c1-4-11-8-6(2)5-7(9)10-3/h6,8H,4-5H2,1-3H3. The van der Waals surface area contributed by atoms with Crippen molar-refractivity contribution < 1.29 is 14.4 Å². The molecule has 4 nitrogen and oxygen atoms in total. The Bertz CT molecular complexity index is 116. The van der Waals surface area contributed by atoms with E-state index in [0.29, 0.717) is 13.0 Å². The first-order valence-electron chi connectivity index (χ1n) is 3.64. The molecule has 0 bridgehead atoms. The number of nitrogens with one attached hydrogen (secondary N) is 1. The van der Waals surface area contributed by atoms with Gasteiger partial charge in [0.1, 0.15) is 0 Å². The topological polar surface area (TPSA) is 47.6 Å². The lowest BCUT2D eigenvalue weighted by molar-refractivity contribution is -0.142. The zero-order chi connectivity index (χ0) is 8.69. The minimum Gasteiger partial charge on any atom is -0.469 e. The van der Waals surface area contributed by atoms with E-state index in [1.807, 2.05) is 13.8 Å². The minimum absolute atomic E-state index is 0.00222. The number of ether oxygens (including phenoxy) is 1. The Balaban J connectivity index is 3.35. The van der Waals surface area contributed by atoms with Crippen LogP contribution in [0.1, 0.15) is 20.3 Å². The van der Waals surface area contributed by atoms with Crippen molar-refractivity contribution in [1.82, 2.24) is 5.48 Å². The molecule has 0 saturated carbocycles. The Labute approximate surface area is 66.8 Å². The Morgan fingerprint density at radius 1 is 1.64 bits per heavy atom. The predicted molar refractivity (Wildman–Crippen MR) is 40.9 cm³/mol. The van der Waals surface area contributed by atoms with Crippen LogP contribution in [0.2, 0.25) is 0 Å². The number of hydrogen-bond acceptors (Lipinski definition) is 4. The first-order valence-corrected chi connectivity index (χ1v) is 3.64. The van der Waals surface area contributed by atoms with Crippen LogP contribution in [0.4, 0.5) is 0 Å². The maximum Gasteiger partial charge on any atom is 0.307 e. The van der Waals surface area contributed by atoms with Crippen LogP contribution < -0.4 is 5.48 Å². The molecule has 0 spiro atoms. The number of hydroxylamine groups is 1. The number of carbonyl (C=O) groups excluding carboxylic acids is 1. The van der Waals surface area contributed by atoms with Gasteiger partial charge in [0.15, 0.2) is 0 Å². The summed E-state index contributed by atoms with van der Waals surface area (Å²) in [6.45, 7) is 4.32. The molecule has 0 aliphatic heterocycles. The molecule has 1 N–H and O–H groups in total. The van der Waals surface area contributed by atoms with Crippen molar-refractivity contribution in [2.45, 2.75) is 26.3 Å². The highest BCUT2D eigenvalue weighted by molar-refractivity contribution is 5.69. The summed E-state index contributed by atoms with van der Waals surface area (Å²) in [5, 5.41) is 0. The number of carbonyl (C=O) groups is 1. The SMILES string of the molecule is CCONC(C)CC(=O)OC. The lowest BCUT2D eigenvalue weighted by Gasteiger charge is -2.10. The molecule has 11 heavy (non-hydrogen) atoms. The second-order valence-corrected chi connectivity index (χ2v) is 2.23. The molecule has 0 aromatic carbocycles. The molecular weight excluding hydrogens is 146 g/mol. The molecule has 0 aromatic rings. The van der Waals surface area contributed by atoms with E-state index in [1.54, 1.807) is 0 Å². The quantitative estimate of drug-likeness (QED) is 0.470. The van der Waals surface area contributed by atoms with Gasteiger partial charge in [0, 0.05) is 6.04 Å². The third-order valence-electron chi connectivity index (χ3n) is 1.13. The predicted octanol–water partition coefficient (Wildman–Crippen LogP) is 0.479. The van der Waals surface area contributed by atoms with Crippen LogP contribution in [-0.2, 0) is 14.4 Å². The second-order valence-electron chi connectivity index (χ2n) is 2.23. The van der Waals surface area contributed by atoms with E-state index in [9.17, 15) is 4.79 Å². The molecule has 66 valence electrons. The fourth-order valence-electron chi connectivity index (χ4n) is 0.601. The van der Waals surface area contributed by atoms with Crippen molar-refractivity contribution in [3.05, 3.63) is 0 Å². The molecule has 0 fully saturated rings. The first kappa shape index (κ1) is 10.4. The highest BCUT2D eigenvalue weighted by Gasteiger charge is 2.07. The Morgan fingerprint density at radius 3 is 2.73 bits per heavy atom. The van der Waals surface area contributed by atoms with Gasteiger partial charge in [-0.15, -0.1) is 0 Å². The fraction of sp³-hybridized carbons (Fsp3) is 0.857. The van der Waals surface area contributed by atoms with Gasteiger partial charge in [-0.25, -0.2) is 0 Å². The number of rotatable bonds is 5. The summed E-state index contributed by atoms with van der Waals surface area (Å²) in [5.74, 6) is -0.232. The van der Waals surface area contributed by atoms with Crippen molar-refractivity contribution in [2.75, 3.05) is 13.7 Å². The van der Waals surface area contributed by atoms with Crippen LogP contribution in [0.25, 0.3) is 0 Å². The lowest BCUT2D eigenvalue weighted by atomic mass is 10.2. The van der Waals surface area contributed by atoms with Crippen LogP contribution in [-0.4, -0.2) is 25.7 Å². The summed E-state index contributed by atoms with van der Waals surface area (Å²) in [7, 11) is 1.37. The van der Waals surface area contributed by atoms with E-state index in [1.165, 1.54) is 7.11 Å². The molecule has 0 saturated heterocycles. The van der Waals surface area contributed by atoms with E-state index >= 15 is 0 Å². The highest BCUT2D eigenvalue weighted by atomic mass is 16.6. The summed E-state index contributed by atoms with van der Waals surface area (Å²) in [6.07, 6.45) is 0.330. The van der Waals surface area contributed by atoms with Gasteiger partial charge in [-0.3, -0.25) is 4.79 Å². The average molecular weight is 161 g/mol. The van der Waals surface area contributed by atoms with Crippen LogP contribution in [0.15, 0.2) is 0 Å². The van der Waals surface area contributed by atoms with Crippen LogP contribution >= 0.6 is 0 Å². The third-order valence-corrected chi connectivity index (χ3v) is 1.13. The molecule has 0 amide bonds. The van der Waals surface area contributed by atoms with Gasteiger partial charge in [-0.1, -0.05) is 0 Å². The number of hydrogen-bond donors (Lipinski definition) is 1. The molecule has 0 radical (unpaired) electrons. The average Bonchev–Trinajstić information content (AvgIpc) is 2.00. The van der Waals surface area contributed by atoms with E-state index in [-0.39, 0.29) is 12.0 Å². The second kappa shape index (κ2) is 6.12. The smallest absolute Gasteiger partial charge is 0.307 e. The molecular formula is C7H15NO3. The van der Waals surface area contributed by atoms with Crippen molar-refractivity contribution in [3.8, 4) is 0 Å². The van der Waals surface area contributed by atoms with Crippen LogP contribution in [0, 0.1) is 0 Å². The molecule has 0 heterocycles. The minimum atomic E-state index is -0.232. The molecule has 0 aliphatic rings. The molecule has 0 rings (SSSR count). The molecule has 0 aliphatic carbocycles. The van der Waals surface area contributed by atoms with E-state index in [2.05, 4.69) is 10.2 Å². The van der Waals surface area contributed by atoms with Crippen molar-refractivity contribution >= 4 is 5.97 Å². The number of methoxy groups -OCH3 is 1. The molecule has 0 aromatic heterocycles. The van der Waals surface area contributed by atoms with Crippen LogP contribution in [0.3, 0.4) is 0 Å². The van der Waals surface area contributed by atoms with Gasteiger partial charge in [-0.05, 0) is 13.8 Å². The van der Waals surface area contributed by atoms with Crippen molar-refractivity contribution in [3.63, 3.8) is 0 Å². The summed E-state index contributed by atoms with van der Waals surface area (Å²) in [6, 6.07) is 0.00222. The summed E-state index contributed by atoms with van der Waals surface area (Å²) < 4.78 is 4.47. The normalized spacial score (nSPS) is 12.6. The van der Waals surface area contributed by atoms with Crippen molar-refractivity contribution in [2.24, 2.45) is 0 Å². The lowest BCUT2D eigenvalue weighted by Crippen LogP contribution is -2.29. The van der Waals surface area contributed by atoms with Gasteiger partial charge >= 0.3 is 5.97 Å². The highest BCUT2D eigenvalue weighted by Crippen LogP contribution is 1.92. The molecule has 4 heteroatoms. The van der Waals surface area contributed by atoms with E-state index in [4.69, 9.17) is 4.84 Å². The van der Waals surface area contributed by atoms with Gasteiger partial charge in [0.25, 0.3) is 0 Å². The third kappa shape index (κ3) is 5.82. The summed E-state index contributed by atoms with van der Waals surface area (Å²) >= 11 is 0. The van der Waals surface area contributed by atoms with Crippen molar-refractivity contribution in [1.29, 1.82) is 0 Å². The number of esters is 1. The van der Waals surface area contributed by atoms with Gasteiger partial charge in [-0.2, -0.15) is 5.48 Å². The maximum absolute atomic E-state index is 10.7. The van der Waals surface area contributed by atoms with E-state index in [0.717, 1.165) is 0 Å².